The summed E-state index contributed by atoms with van der Waals surface area (Å²) in [7, 11) is 0. The van der Waals surface area contributed by atoms with Crippen LogP contribution in [0.25, 0.3) is 0 Å². The van der Waals surface area contributed by atoms with E-state index < -0.39 is 0 Å². The minimum absolute atomic E-state index is 0.650. The van der Waals surface area contributed by atoms with Gasteiger partial charge in [0.15, 0.2) is 0 Å². The summed E-state index contributed by atoms with van der Waals surface area (Å²) < 4.78 is 5.54. The molecule has 15 heavy (non-hydrogen) atoms. The quantitative estimate of drug-likeness (QED) is 0.808. The van der Waals surface area contributed by atoms with Crippen LogP contribution in [0.3, 0.4) is 0 Å². The second-order valence-corrected chi connectivity index (χ2v) is 4.48. The molecular weight excluding hydrogens is 188 g/mol. The summed E-state index contributed by atoms with van der Waals surface area (Å²) >= 11 is 0. The van der Waals surface area contributed by atoms with E-state index in [9.17, 15) is 0 Å². The van der Waals surface area contributed by atoms with Gasteiger partial charge in [0, 0.05) is 6.04 Å². The summed E-state index contributed by atoms with van der Waals surface area (Å²) in [4.78, 5) is 4.37. The summed E-state index contributed by atoms with van der Waals surface area (Å²) in [5.41, 5.74) is 1.01. The third kappa shape index (κ3) is 2.59. The van der Waals surface area contributed by atoms with Gasteiger partial charge in [0.1, 0.15) is 5.76 Å². The molecule has 1 atom stereocenters. The molecule has 0 bridgehead atoms. The molecule has 1 aliphatic carbocycles. The molecule has 1 aliphatic rings. The number of hydrogen-bond acceptors (Lipinski definition) is 3. The molecule has 0 aliphatic heterocycles. The molecule has 1 aromatic rings. The van der Waals surface area contributed by atoms with Gasteiger partial charge in [-0.05, 0) is 39.0 Å². The number of aryl methyl sites for hydroxylation is 2. The van der Waals surface area contributed by atoms with Gasteiger partial charge < -0.3 is 9.73 Å². The zero-order valence-electron chi connectivity index (χ0n) is 9.84. The molecule has 2 rings (SSSR count). The van der Waals surface area contributed by atoms with Crippen molar-refractivity contribution < 1.29 is 4.42 Å². The van der Waals surface area contributed by atoms with E-state index >= 15 is 0 Å². The first-order valence-electron chi connectivity index (χ1n) is 5.87. The molecule has 0 spiro atoms. The Morgan fingerprint density at radius 1 is 1.47 bits per heavy atom. The van der Waals surface area contributed by atoms with Crippen molar-refractivity contribution >= 4 is 0 Å². The van der Waals surface area contributed by atoms with Crippen LogP contribution < -0.4 is 5.32 Å². The van der Waals surface area contributed by atoms with Crippen molar-refractivity contribution in [2.75, 3.05) is 0 Å². The van der Waals surface area contributed by atoms with E-state index in [0.717, 1.165) is 29.8 Å². The fourth-order valence-electron chi connectivity index (χ4n) is 1.98. The second-order valence-electron chi connectivity index (χ2n) is 4.48. The Morgan fingerprint density at radius 2 is 2.20 bits per heavy atom. The smallest absolute Gasteiger partial charge is 0.208 e. The highest BCUT2D eigenvalue weighted by molar-refractivity contribution is 5.05. The molecule has 1 unspecified atom stereocenters. The van der Waals surface area contributed by atoms with Crippen LogP contribution in [0.5, 0.6) is 0 Å². The topological polar surface area (TPSA) is 38.1 Å². The lowest BCUT2D eigenvalue weighted by atomic mass is 10.1. The number of rotatable bonds is 5. The van der Waals surface area contributed by atoms with E-state index in [1.807, 2.05) is 13.8 Å². The van der Waals surface area contributed by atoms with E-state index in [1.165, 1.54) is 19.3 Å². The maximum Gasteiger partial charge on any atom is 0.208 e. The van der Waals surface area contributed by atoms with Crippen molar-refractivity contribution in [2.24, 2.45) is 5.92 Å². The Labute approximate surface area is 91.3 Å². The first-order valence-corrected chi connectivity index (χ1v) is 5.87. The SMILES string of the molecule is CCC(NCc1nc(C)c(C)o1)C1CC1. The van der Waals surface area contributed by atoms with E-state index in [0.29, 0.717) is 6.04 Å². The molecule has 3 nitrogen and oxygen atoms in total. The van der Waals surface area contributed by atoms with E-state index in [-0.39, 0.29) is 0 Å². The number of aromatic nitrogens is 1. The van der Waals surface area contributed by atoms with Crippen LogP contribution >= 0.6 is 0 Å². The molecule has 1 N–H and O–H groups in total. The number of nitrogens with zero attached hydrogens (tertiary/aromatic N) is 1. The molecule has 0 saturated heterocycles. The van der Waals surface area contributed by atoms with Crippen molar-refractivity contribution in [3.05, 3.63) is 17.3 Å². The van der Waals surface area contributed by atoms with Gasteiger partial charge in [0.2, 0.25) is 5.89 Å². The van der Waals surface area contributed by atoms with Crippen molar-refractivity contribution in [1.82, 2.24) is 10.3 Å². The highest BCUT2D eigenvalue weighted by atomic mass is 16.4. The maximum atomic E-state index is 5.54. The average Bonchev–Trinajstić information content (AvgIpc) is 2.97. The standard InChI is InChI=1S/C12H20N2O/c1-4-11(10-5-6-10)13-7-12-14-8(2)9(3)15-12/h10-11,13H,4-7H2,1-3H3. The Morgan fingerprint density at radius 3 is 2.67 bits per heavy atom. The monoisotopic (exact) mass is 208 g/mol. The summed E-state index contributed by atoms with van der Waals surface area (Å²) in [5.74, 6) is 2.66. The second kappa shape index (κ2) is 4.35. The Bertz CT molecular complexity index is 309. The van der Waals surface area contributed by atoms with Gasteiger partial charge in [-0.15, -0.1) is 0 Å². The molecule has 1 saturated carbocycles. The van der Waals surface area contributed by atoms with Gasteiger partial charge in [-0.3, -0.25) is 0 Å². The van der Waals surface area contributed by atoms with Crippen LogP contribution in [0.4, 0.5) is 0 Å². The predicted octanol–water partition coefficient (Wildman–Crippen LogP) is 2.57. The number of hydrogen-bond donors (Lipinski definition) is 1. The van der Waals surface area contributed by atoms with Gasteiger partial charge in [0.25, 0.3) is 0 Å². The summed E-state index contributed by atoms with van der Waals surface area (Å²) in [6.07, 6.45) is 3.97. The number of oxazole rings is 1. The Balaban J connectivity index is 1.86. The van der Waals surface area contributed by atoms with Crippen LogP contribution in [0, 0.1) is 19.8 Å². The van der Waals surface area contributed by atoms with Crippen LogP contribution in [0.1, 0.15) is 43.5 Å². The molecule has 0 aromatic carbocycles. The van der Waals surface area contributed by atoms with Gasteiger partial charge in [-0.25, -0.2) is 4.98 Å². The molecule has 84 valence electrons. The highest BCUT2D eigenvalue weighted by Gasteiger charge is 2.29. The first kappa shape index (κ1) is 10.7. The zero-order valence-corrected chi connectivity index (χ0v) is 9.84. The Hall–Kier alpha value is -0.830. The van der Waals surface area contributed by atoms with E-state index in [4.69, 9.17) is 4.42 Å². The Kier molecular flexibility index (Phi) is 3.10. The normalized spacial score (nSPS) is 18.1. The lowest BCUT2D eigenvalue weighted by Crippen LogP contribution is -2.29. The van der Waals surface area contributed by atoms with Crippen LogP contribution in [-0.2, 0) is 6.54 Å². The minimum atomic E-state index is 0.650. The van der Waals surface area contributed by atoms with Crippen molar-refractivity contribution in [2.45, 2.75) is 52.6 Å². The highest BCUT2D eigenvalue weighted by Crippen LogP contribution is 2.33. The fraction of sp³-hybridized carbons (Fsp3) is 0.750. The van der Waals surface area contributed by atoms with E-state index in [1.54, 1.807) is 0 Å². The van der Waals surface area contributed by atoms with Gasteiger partial charge in [-0.2, -0.15) is 0 Å². The molecule has 1 aromatic heterocycles. The maximum absolute atomic E-state index is 5.54. The van der Waals surface area contributed by atoms with Crippen molar-refractivity contribution in [3.8, 4) is 0 Å². The average molecular weight is 208 g/mol. The molecule has 0 radical (unpaired) electrons. The third-order valence-electron chi connectivity index (χ3n) is 3.22. The number of nitrogens with one attached hydrogen (secondary N) is 1. The van der Waals surface area contributed by atoms with Crippen molar-refractivity contribution in [1.29, 1.82) is 0 Å². The first-order chi connectivity index (χ1) is 7.20. The summed E-state index contributed by atoms with van der Waals surface area (Å²) in [6.45, 7) is 6.95. The van der Waals surface area contributed by atoms with Crippen LogP contribution in [0.2, 0.25) is 0 Å². The summed E-state index contributed by atoms with van der Waals surface area (Å²) in [5, 5.41) is 3.53. The lowest BCUT2D eigenvalue weighted by molar-refractivity contribution is 0.394. The fourth-order valence-corrected chi connectivity index (χ4v) is 1.98. The largest absolute Gasteiger partial charge is 0.444 e. The lowest BCUT2D eigenvalue weighted by Gasteiger charge is -2.14. The third-order valence-corrected chi connectivity index (χ3v) is 3.22. The van der Waals surface area contributed by atoms with E-state index in [2.05, 4.69) is 17.2 Å². The minimum Gasteiger partial charge on any atom is -0.444 e. The molecule has 1 fully saturated rings. The van der Waals surface area contributed by atoms with Gasteiger partial charge in [-0.1, -0.05) is 6.92 Å². The van der Waals surface area contributed by atoms with Crippen molar-refractivity contribution in [3.63, 3.8) is 0 Å². The molecule has 1 heterocycles. The summed E-state index contributed by atoms with van der Waals surface area (Å²) in [6, 6.07) is 0.650. The molecular formula is C12H20N2O. The van der Waals surface area contributed by atoms with Gasteiger partial charge >= 0.3 is 0 Å². The van der Waals surface area contributed by atoms with Crippen LogP contribution in [-0.4, -0.2) is 11.0 Å². The molecule has 3 heteroatoms. The van der Waals surface area contributed by atoms with Crippen LogP contribution in [0.15, 0.2) is 4.42 Å². The molecule has 0 amide bonds. The predicted molar refractivity (Wildman–Crippen MR) is 59.6 cm³/mol. The van der Waals surface area contributed by atoms with Gasteiger partial charge in [0.05, 0.1) is 12.2 Å². The zero-order chi connectivity index (χ0) is 10.8.